The van der Waals surface area contributed by atoms with Crippen LogP contribution in [-0.4, -0.2) is 55.7 Å². The number of rotatable bonds is 5. The van der Waals surface area contributed by atoms with Crippen molar-refractivity contribution in [3.05, 3.63) is 35.9 Å². The fourth-order valence-corrected chi connectivity index (χ4v) is 4.20. The zero-order chi connectivity index (χ0) is 19.3. The number of carbonyl (C=O) groups is 1. The molecule has 1 aromatic carbocycles. The van der Waals surface area contributed by atoms with E-state index in [1.54, 1.807) is 0 Å². The zero-order valence-corrected chi connectivity index (χ0v) is 15.5. The van der Waals surface area contributed by atoms with E-state index in [0.717, 1.165) is 25.7 Å². The molecule has 27 heavy (non-hydrogen) atoms. The Kier molecular flexibility index (Phi) is 6.76. The molecule has 7 heteroatoms. The van der Waals surface area contributed by atoms with Crippen LogP contribution in [0.2, 0.25) is 0 Å². The Morgan fingerprint density at radius 3 is 2.33 bits per heavy atom. The van der Waals surface area contributed by atoms with Gasteiger partial charge in [0, 0.05) is 38.6 Å². The van der Waals surface area contributed by atoms with E-state index in [2.05, 4.69) is 22.8 Å². The number of halogens is 3. The van der Waals surface area contributed by atoms with Gasteiger partial charge >= 0.3 is 6.18 Å². The normalized spacial score (nSPS) is 25.7. The van der Waals surface area contributed by atoms with E-state index in [4.69, 9.17) is 0 Å². The third kappa shape index (κ3) is 5.45. The minimum atomic E-state index is -4.34. The largest absolute Gasteiger partial charge is 0.405 e. The Labute approximate surface area is 158 Å². The van der Waals surface area contributed by atoms with E-state index >= 15 is 0 Å². The molecular weight excluding hydrogens is 355 g/mol. The van der Waals surface area contributed by atoms with Crippen molar-refractivity contribution in [1.29, 1.82) is 0 Å². The predicted molar refractivity (Wildman–Crippen MR) is 98.4 cm³/mol. The summed E-state index contributed by atoms with van der Waals surface area (Å²) in [5.41, 5.74) is 1.28. The lowest BCUT2D eigenvalue weighted by Gasteiger charge is -2.36. The van der Waals surface area contributed by atoms with Gasteiger partial charge in [0.2, 0.25) is 5.91 Å². The number of nitrogens with one attached hydrogen (secondary N) is 2. The third-order valence-corrected chi connectivity index (χ3v) is 5.81. The van der Waals surface area contributed by atoms with Crippen molar-refractivity contribution >= 4 is 5.91 Å². The van der Waals surface area contributed by atoms with Crippen LogP contribution in [0.1, 0.15) is 37.2 Å². The van der Waals surface area contributed by atoms with Gasteiger partial charge in [-0.3, -0.25) is 9.69 Å². The first-order chi connectivity index (χ1) is 12.9. The molecule has 1 unspecified atom stereocenters. The summed E-state index contributed by atoms with van der Waals surface area (Å²) in [6, 6.07) is 8.62. The average molecular weight is 383 g/mol. The first-order valence-electron chi connectivity index (χ1n) is 9.79. The van der Waals surface area contributed by atoms with Crippen LogP contribution in [0.5, 0.6) is 0 Å². The average Bonchev–Trinajstić information content (AvgIpc) is 2.68. The van der Waals surface area contributed by atoms with Gasteiger partial charge in [0.1, 0.15) is 6.04 Å². The second kappa shape index (κ2) is 9.06. The van der Waals surface area contributed by atoms with E-state index in [1.807, 2.05) is 18.2 Å². The highest BCUT2D eigenvalue weighted by atomic mass is 19.4. The van der Waals surface area contributed by atoms with Gasteiger partial charge in [-0.05, 0) is 37.2 Å². The summed E-state index contributed by atoms with van der Waals surface area (Å²) >= 11 is 0. The number of alkyl halides is 3. The van der Waals surface area contributed by atoms with Gasteiger partial charge in [0.15, 0.2) is 0 Å². The SMILES string of the molecule is O=C(NCC(N1CCNCC1)C(F)(F)F)C1CCC(c2ccccc2)CC1. The van der Waals surface area contributed by atoms with Crippen molar-refractivity contribution in [3.63, 3.8) is 0 Å². The second-order valence-corrected chi connectivity index (χ2v) is 7.55. The van der Waals surface area contributed by atoms with Crippen molar-refractivity contribution in [2.75, 3.05) is 32.7 Å². The standard InChI is InChI=1S/C20H28F3N3O/c21-20(22,23)18(26-12-10-24-11-13-26)14-25-19(27)17-8-6-16(7-9-17)15-4-2-1-3-5-15/h1-5,16-18,24H,6-14H2,(H,25,27). The fraction of sp³-hybridized carbons (Fsp3) is 0.650. The molecule has 1 aliphatic heterocycles. The molecule has 3 rings (SSSR count). The number of hydrogen-bond acceptors (Lipinski definition) is 3. The highest BCUT2D eigenvalue weighted by Crippen LogP contribution is 2.35. The van der Waals surface area contributed by atoms with Crippen LogP contribution in [0.25, 0.3) is 0 Å². The van der Waals surface area contributed by atoms with Crippen molar-refractivity contribution in [1.82, 2.24) is 15.5 Å². The van der Waals surface area contributed by atoms with Crippen LogP contribution in [0, 0.1) is 5.92 Å². The Balaban J connectivity index is 1.49. The molecule has 1 aliphatic carbocycles. The lowest BCUT2D eigenvalue weighted by atomic mass is 9.78. The maximum atomic E-state index is 13.4. The molecular formula is C20H28F3N3O. The van der Waals surface area contributed by atoms with Crippen molar-refractivity contribution in [2.24, 2.45) is 5.92 Å². The molecule has 1 amide bonds. The predicted octanol–water partition coefficient (Wildman–Crippen LogP) is 2.91. The monoisotopic (exact) mass is 383 g/mol. The molecule has 0 spiro atoms. The highest BCUT2D eigenvalue weighted by Gasteiger charge is 2.44. The van der Waals surface area contributed by atoms with Crippen LogP contribution in [0.15, 0.2) is 30.3 Å². The Bertz CT molecular complexity index is 594. The van der Waals surface area contributed by atoms with Crippen LogP contribution < -0.4 is 10.6 Å². The van der Waals surface area contributed by atoms with Gasteiger partial charge in [-0.15, -0.1) is 0 Å². The quantitative estimate of drug-likeness (QED) is 0.822. The van der Waals surface area contributed by atoms with E-state index < -0.39 is 12.2 Å². The van der Waals surface area contributed by atoms with Crippen LogP contribution >= 0.6 is 0 Å². The molecule has 1 aromatic rings. The van der Waals surface area contributed by atoms with Crippen molar-refractivity contribution in [3.8, 4) is 0 Å². The highest BCUT2D eigenvalue weighted by molar-refractivity contribution is 5.78. The summed E-state index contributed by atoms with van der Waals surface area (Å²) in [4.78, 5) is 13.9. The number of amides is 1. The van der Waals surface area contributed by atoms with Gasteiger partial charge in [0.25, 0.3) is 0 Å². The van der Waals surface area contributed by atoms with Crippen LogP contribution in [-0.2, 0) is 4.79 Å². The molecule has 1 saturated heterocycles. The molecule has 2 fully saturated rings. The number of benzene rings is 1. The number of nitrogens with zero attached hydrogens (tertiary/aromatic N) is 1. The lowest BCUT2D eigenvalue weighted by Crippen LogP contribution is -2.57. The van der Waals surface area contributed by atoms with Gasteiger partial charge in [-0.1, -0.05) is 30.3 Å². The fourth-order valence-electron chi connectivity index (χ4n) is 4.20. The summed E-state index contributed by atoms with van der Waals surface area (Å²) < 4.78 is 40.3. The zero-order valence-electron chi connectivity index (χ0n) is 15.5. The summed E-state index contributed by atoms with van der Waals surface area (Å²) in [6.07, 6.45) is -1.06. The van der Waals surface area contributed by atoms with Gasteiger partial charge in [-0.2, -0.15) is 13.2 Å². The molecule has 0 bridgehead atoms. The minimum Gasteiger partial charge on any atom is -0.354 e. The third-order valence-electron chi connectivity index (χ3n) is 5.81. The maximum Gasteiger partial charge on any atom is 0.405 e. The van der Waals surface area contributed by atoms with E-state index in [1.165, 1.54) is 10.5 Å². The summed E-state index contributed by atoms with van der Waals surface area (Å²) in [7, 11) is 0. The number of hydrogen-bond donors (Lipinski definition) is 2. The Hall–Kier alpha value is -1.60. The van der Waals surface area contributed by atoms with E-state index in [0.29, 0.717) is 32.1 Å². The molecule has 150 valence electrons. The maximum absolute atomic E-state index is 13.4. The van der Waals surface area contributed by atoms with Crippen molar-refractivity contribution in [2.45, 2.75) is 43.8 Å². The smallest absolute Gasteiger partial charge is 0.354 e. The van der Waals surface area contributed by atoms with E-state index in [9.17, 15) is 18.0 Å². The van der Waals surface area contributed by atoms with E-state index in [-0.39, 0.29) is 18.4 Å². The first-order valence-corrected chi connectivity index (χ1v) is 9.79. The summed E-state index contributed by atoms with van der Waals surface area (Å²) in [5.74, 6) is 0.0341. The van der Waals surface area contributed by atoms with Crippen LogP contribution in [0.4, 0.5) is 13.2 Å². The Morgan fingerprint density at radius 1 is 1.11 bits per heavy atom. The molecule has 1 saturated carbocycles. The van der Waals surface area contributed by atoms with Gasteiger partial charge < -0.3 is 10.6 Å². The number of piperazine rings is 1. The summed E-state index contributed by atoms with van der Waals surface area (Å²) in [6.45, 7) is 1.43. The molecule has 0 aromatic heterocycles. The topological polar surface area (TPSA) is 44.4 Å². The lowest BCUT2D eigenvalue weighted by molar-refractivity contribution is -0.184. The Morgan fingerprint density at radius 2 is 1.74 bits per heavy atom. The summed E-state index contributed by atoms with van der Waals surface area (Å²) in [5, 5.41) is 5.65. The second-order valence-electron chi connectivity index (χ2n) is 7.55. The van der Waals surface area contributed by atoms with Gasteiger partial charge in [-0.25, -0.2) is 0 Å². The van der Waals surface area contributed by atoms with Crippen LogP contribution in [0.3, 0.4) is 0 Å². The first kappa shape index (κ1) is 20.1. The molecule has 2 aliphatic rings. The molecule has 1 heterocycles. The molecule has 0 radical (unpaired) electrons. The van der Waals surface area contributed by atoms with Gasteiger partial charge in [0.05, 0.1) is 0 Å². The molecule has 4 nitrogen and oxygen atoms in total. The molecule has 2 N–H and O–H groups in total. The molecule has 1 atom stereocenters. The number of carbonyl (C=O) groups excluding carboxylic acids is 1. The minimum absolute atomic E-state index is 0.179. The van der Waals surface area contributed by atoms with Crippen molar-refractivity contribution < 1.29 is 18.0 Å².